The summed E-state index contributed by atoms with van der Waals surface area (Å²) in [6, 6.07) is 3.58. The van der Waals surface area contributed by atoms with Crippen molar-refractivity contribution < 1.29 is 14.0 Å². The largest absolute Gasteiger partial charge is 0.276 e. The number of halogens is 1. The highest BCUT2D eigenvalue weighted by atomic mass is 32.2. The highest BCUT2D eigenvalue weighted by Crippen LogP contribution is 2.21. The van der Waals surface area contributed by atoms with Gasteiger partial charge in [-0.3, -0.25) is 13.8 Å². The Bertz CT molecular complexity index is 1110. The van der Waals surface area contributed by atoms with E-state index in [1.54, 1.807) is 6.26 Å². The van der Waals surface area contributed by atoms with E-state index >= 15 is 0 Å². The Morgan fingerprint density at radius 1 is 1.50 bits per heavy atom. The standard InChI is InChI=1S/C13H13FN4OS/c1-3-7-17-11(19)8-5-4-6-9(14)10(8)18-12(17)15-16-13(18)20-2/h4-6H,3,7H2,1-2H3/i1D3,3D2,7D2. The van der Waals surface area contributed by atoms with Gasteiger partial charge in [0.2, 0.25) is 5.78 Å². The van der Waals surface area contributed by atoms with E-state index in [0.29, 0.717) is 0 Å². The van der Waals surface area contributed by atoms with Gasteiger partial charge in [-0.2, -0.15) is 0 Å². The monoisotopic (exact) mass is 299 g/mol. The highest BCUT2D eigenvalue weighted by molar-refractivity contribution is 7.98. The van der Waals surface area contributed by atoms with Crippen LogP contribution in [0.1, 0.15) is 22.8 Å². The SMILES string of the molecule is [2H]C([2H])([2H])C([2H])([2H])C([2H])([2H])n1c(=O)c2cccc(F)c2n2c(SC)nnc12. The summed E-state index contributed by atoms with van der Waals surface area (Å²) in [5, 5.41) is 7.35. The van der Waals surface area contributed by atoms with Gasteiger partial charge in [0.05, 0.1) is 10.9 Å². The lowest BCUT2D eigenvalue weighted by atomic mass is 10.2. The van der Waals surface area contributed by atoms with Gasteiger partial charge in [0.1, 0.15) is 5.82 Å². The Labute approximate surface area is 128 Å². The zero-order valence-corrected chi connectivity index (χ0v) is 11.0. The molecule has 0 saturated carbocycles. The second kappa shape index (κ2) is 4.90. The molecule has 0 aliphatic heterocycles. The smallest absolute Gasteiger partial charge is 0.262 e. The predicted octanol–water partition coefficient (Wildman–Crippen LogP) is 2.32. The summed E-state index contributed by atoms with van der Waals surface area (Å²) >= 11 is 1.05. The second-order valence-corrected chi connectivity index (χ2v) is 4.61. The van der Waals surface area contributed by atoms with Gasteiger partial charge in [0, 0.05) is 16.1 Å². The van der Waals surface area contributed by atoms with Crippen LogP contribution in [0.2, 0.25) is 0 Å². The van der Waals surface area contributed by atoms with Crippen LogP contribution < -0.4 is 5.56 Å². The van der Waals surface area contributed by atoms with Gasteiger partial charge >= 0.3 is 0 Å². The molecule has 0 amide bonds. The summed E-state index contributed by atoms with van der Waals surface area (Å²) in [6.07, 6.45) is -1.84. The van der Waals surface area contributed by atoms with Crippen molar-refractivity contribution in [2.24, 2.45) is 0 Å². The topological polar surface area (TPSA) is 52.2 Å². The number of thioether (sulfide) groups is 1. The molecule has 0 saturated heterocycles. The summed E-state index contributed by atoms with van der Waals surface area (Å²) in [5.41, 5.74) is -1.32. The summed E-state index contributed by atoms with van der Waals surface area (Å²) in [4.78, 5) is 12.9. The number of fused-ring (bicyclic) bond motifs is 3. The van der Waals surface area contributed by atoms with Gasteiger partial charge in [-0.1, -0.05) is 24.7 Å². The Morgan fingerprint density at radius 3 is 3.10 bits per heavy atom. The zero-order chi connectivity index (χ0) is 20.4. The van der Waals surface area contributed by atoms with Crippen LogP contribution in [0, 0.1) is 5.82 Å². The number of para-hydroxylation sites is 1. The normalized spacial score (nSPS) is 18.8. The van der Waals surface area contributed by atoms with E-state index in [4.69, 9.17) is 9.60 Å². The Hall–Kier alpha value is -1.89. The Balaban J connectivity index is 2.57. The van der Waals surface area contributed by atoms with Crippen LogP contribution >= 0.6 is 11.8 Å². The summed E-state index contributed by atoms with van der Waals surface area (Å²) in [5.74, 6) is -1.28. The number of hydrogen-bond donors (Lipinski definition) is 0. The molecule has 0 bridgehead atoms. The molecule has 0 fully saturated rings. The van der Waals surface area contributed by atoms with E-state index in [1.165, 1.54) is 12.1 Å². The second-order valence-electron chi connectivity index (χ2n) is 3.84. The predicted molar refractivity (Wildman–Crippen MR) is 76.8 cm³/mol. The molecular formula is C13H13FN4OS. The lowest BCUT2D eigenvalue weighted by Crippen LogP contribution is -2.23. The van der Waals surface area contributed by atoms with E-state index in [-0.39, 0.29) is 20.6 Å². The molecule has 2 heterocycles. The van der Waals surface area contributed by atoms with Crippen molar-refractivity contribution >= 4 is 28.4 Å². The van der Waals surface area contributed by atoms with E-state index in [9.17, 15) is 9.18 Å². The average molecular weight is 299 g/mol. The number of hydrogen-bond acceptors (Lipinski definition) is 4. The van der Waals surface area contributed by atoms with Crippen molar-refractivity contribution in [2.75, 3.05) is 6.26 Å². The van der Waals surface area contributed by atoms with Gasteiger partial charge in [-0.05, 0) is 24.8 Å². The van der Waals surface area contributed by atoms with Crippen LogP contribution in [0.3, 0.4) is 0 Å². The number of aryl methyl sites for hydroxylation is 1. The van der Waals surface area contributed by atoms with Gasteiger partial charge in [-0.15, -0.1) is 10.2 Å². The number of benzene rings is 1. The lowest BCUT2D eigenvalue weighted by Gasteiger charge is -2.10. The molecule has 2 aromatic heterocycles. The van der Waals surface area contributed by atoms with Crippen LogP contribution in [0.4, 0.5) is 4.39 Å². The molecule has 0 unspecified atom stereocenters. The van der Waals surface area contributed by atoms with Crippen LogP contribution in [0.5, 0.6) is 0 Å². The molecule has 0 radical (unpaired) electrons. The molecule has 3 rings (SSSR count). The Kier molecular flexibility index (Phi) is 1.77. The molecule has 1 aromatic carbocycles. The van der Waals surface area contributed by atoms with Crippen LogP contribution in [-0.2, 0) is 6.50 Å². The zero-order valence-electron chi connectivity index (χ0n) is 17.2. The summed E-state index contributed by atoms with van der Waals surface area (Å²) in [7, 11) is 0. The molecule has 7 heteroatoms. The van der Waals surface area contributed by atoms with E-state index in [1.807, 2.05) is 0 Å². The van der Waals surface area contributed by atoms with Crippen LogP contribution in [0.15, 0.2) is 28.2 Å². The first-order valence-corrected chi connectivity index (χ1v) is 6.71. The maximum absolute atomic E-state index is 14.4. The van der Waals surface area contributed by atoms with Crippen LogP contribution in [0.25, 0.3) is 16.7 Å². The fraction of sp³-hybridized carbons (Fsp3) is 0.308. The first-order valence-electron chi connectivity index (χ1n) is 8.99. The van der Waals surface area contributed by atoms with Crippen molar-refractivity contribution in [3.8, 4) is 0 Å². The summed E-state index contributed by atoms with van der Waals surface area (Å²) in [6.45, 7) is -6.72. The number of nitrogens with zero attached hydrogens (tertiary/aromatic N) is 4. The molecule has 0 atom stereocenters. The molecule has 20 heavy (non-hydrogen) atoms. The Morgan fingerprint density at radius 2 is 2.35 bits per heavy atom. The molecule has 5 nitrogen and oxygen atoms in total. The quantitative estimate of drug-likeness (QED) is 0.696. The fourth-order valence-corrected chi connectivity index (χ4v) is 2.50. The summed E-state index contributed by atoms with van der Waals surface area (Å²) < 4.78 is 69.8. The molecule has 0 aliphatic rings. The molecule has 0 spiro atoms. The molecule has 104 valence electrons. The highest BCUT2D eigenvalue weighted by Gasteiger charge is 2.17. The third-order valence-corrected chi connectivity index (χ3v) is 3.44. The third kappa shape index (κ3) is 1.73. The van der Waals surface area contributed by atoms with E-state index < -0.39 is 36.9 Å². The molecule has 0 aliphatic carbocycles. The van der Waals surface area contributed by atoms with Crippen molar-refractivity contribution in [2.45, 2.75) is 24.9 Å². The first kappa shape index (κ1) is 7.21. The molecular weight excluding hydrogens is 279 g/mol. The minimum atomic E-state index is -3.45. The number of aromatic nitrogens is 4. The van der Waals surface area contributed by atoms with Gasteiger partial charge < -0.3 is 0 Å². The van der Waals surface area contributed by atoms with Gasteiger partial charge in [0.15, 0.2) is 5.16 Å². The first-order chi connectivity index (χ1) is 12.4. The van der Waals surface area contributed by atoms with Gasteiger partial charge in [-0.25, -0.2) is 4.39 Å². The van der Waals surface area contributed by atoms with Crippen molar-refractivity contribution in [1.82, 2.24) is 19.2 Å². The van der Waals surface area contributed by atoms with Crippen molar-refractivity contribution in [3.63, 3.8) is 0 Å². The molecule has 0 N–H and O–H groups in total. The van der Waals surface area contributed by atoms with Crippen molar-refractivity contribution in [3.05, 3.63) is 34.4 Å². The maximum atomic E-state index is 14.4. The van der Waals surface area contributed by atoms with Gasteiger partial charge in [0.25, 0.3) is 5.56 Å². The minimum absolute atomic E-state index is 0.124. The van der Waals surface area contributed by atoms with E-state index in [2.05, 4.69) is 10.2 Å². The minimum Gasteiger partial charge on any atom is -0.276 e. The lowest BCUT2D eigenvalue weighted by molar-refractivity contribution is 0.626. The fourth-order valence-electron chi connectivity index (χ4n) is 2.02. The maximum Gasteiger partial charge on any atom is 0.262 e. The average Bonchev–Trinajstić information content (AvgIpc) is 2.97. The third-order valence-electron chi connectivity index (χ3n) is 2.81. The van der Waals surface area contributed by atoms with Crippen molar-refractivity contribution in [1.29, 1.82) is 0 Å². The number of rotatable bonds is 3. The van der Waals surface area contributed by atoms with Crippen LogP contribution in [-0.4, -0.2) is 25.4 Å². The van der Waals surface area contributed by atoms with E-state index in [0.717, 1.165) is 22.2 Å². The molecule has 3 aromatic rings.